The number of nitrogens with one attached hydrogen (secondary N) is 1. The van der Waals surface area contributed by atoms with E-state index in [4.69, 9.17) is 4.52 Å². The van der Waals surface area contributed by atoms with Crippen LogP contribution in [0.15, 0.2) is 48.5 Å². The van der Waals surface area contributed by atoms with Crippen molar-refractivity contribution in [2.45, 2.75) is 6.61 Å². The van der Waals surface area contributed by atoms with Gasteiger partial charge in [0.25, 0.3) is 0 Å². The third-order valence-electron chi connectivity index (χ3n) is 2.85. The second-order valence-corrected chi connectivity index (χ2v) is 5.48. The Morgan fingerprint density at radius 2 is 1.95 bits per heavy atom. The molecule has 0 saturated carbocycles. The summed E-state index contributed by atoms with van der Waals surface area (Å²) in [5.74, 6) is 0. The molecule has 2 aromatic carbocycles. The van der Waals surface area contributed by atoms with E-state index in [-0.39, 0.29) is 17.6 Å². The van der Waals surface area contributed by atoms with Crippen LogP contribution in [-0.2, 0) is 15.7 Å². The second kappa shape index (κ2) is 6.92. The molecule has 2 rings (SSSR count). The zero-order chi connectivity index (χ0) is 15.2. The molecule has 2 aromatic rings. The molecule has 0 radical (unpaired) electrons. The molecule has 1 N–H and O–H groups in total. The first-order valence-electron chi connectivity index (χ1n) is 6.22. The maximum atomic E-state index is 12.2. The summed E-state index contributed by atoms with van der Waals surface area (Å²) in [7, 11) is -0.623. The number of rotatable bonds is 6. The van der Waals surface area contributed by atoms with Crippen LogP contribution >= 0.6 is 8.03 Å². The van der Waals surface area contributed by atoms with E-state index < -0.39 is 13.0 Å². The Morgan fingerprint density at radius 1 is 1.24 bits per heavy atom. The molecular formula is C14H14N2O4P+. The lowest BCUT2D eigenvalue weighted by Crippen LogP contribution is -2.08. The van der Waals surface area contributed by atoms with Gasteiger partial charge in [-0.25, -0.2) is 0 Å². The van der Waals surface area contributed by atoms with Gasteiger partial charge in [0.1, 0.15) is 6.61 Å². The number of nitrogens with zero attached hydrogens (tertiary/aromatic N) is 1. The Hall–Kier alpha value is -2.30. The van der Waals surface area contributed by atoms with Gasteiger partial charge < -0.3 is 5.32 Å². The van der Waals surface area contributed by atoms with Crippen molar-refractivity contribution in [2.24, 2.45) is 0 Å². The van der Waals surface area contributed by atoms with E-state index in [0.717, 1.165) is 5.56 Å². The molecule has 108 valence electrons. The summed E-state index contributed by atoms with van der Waals surface area (Å²) >= 11 is 0. The highest BCUT2D eigenvalue weighted by atomic mass is 31.1. The summed E-state index contributed by atoms with van der Waals surface area (Å²) in [6.45, 7) is 0.136. The molecule has 0 bridgehead atoms. The molecule has 0 spiro atoms. The van der Waals surface area contributed by atoms with Gasteiger partial charge in [0.2, 0.25) is 0 Å². The molecule has 0 aliphatic heterocycles. The minimum atomic E-state index is -2.31. The van der Waals surface area contributed by atoms with Crippen LogP contribution in [0.3, 0.4) is 0 Å². The van der Waals surface area contributed by atoms with Gasteiger partial charge in [-0.3, -0.25) is 10.1 Å². The predicted octanol–water partition coefficient (Wildman–Crippen LogP) is 3.22. The summed E-state index contributed by atoms with van der Waals surface area (Å²) < 4.78 is 17.5. The first-order chi connectivity index (χ1) is 10.1. The third kappa shape index (κ3) is 3.84. The molecule has 6 nitrogen and oxygen atoms in total. The predicted molar refractivity (Wildman–Crippen MR) is 81.1 cm³/mol. The van der Waals surface area contributed by atoms with Crippen LogP contribution in [0, 0.1) is 10.1 Å². The van der Waals surface area contributed by atoms with Crippen molar-refractivity contribution < 1.29 is 14.0 Å². The van der Waals surface area contributed by atoms with Gasteiger partial charge in [0, 0.05) is 24.9 Å². The zero-order valence-corrected chi connectivity index (χ0v) is 12.2. The summed E-state index contributed by atoms with van der Waals surface area (Å²) in [4.78, 5) is 10.4. The van der Waals surface area contributed by atoms with Crippen LogP contribution in [0.1, 0.15) is 5.56 Å². The van der Waals surface area contributed by atoms with Gasteiger partial charge in [-0.1, -0.05) is 30.3 Å². The van der Waals surface area contributed by atoms with Crippen LogP contribution in [0.2, 0.25) is 0 Å². The van der Waals surface area contributed by atoms with Crippen LogP contribution in [0.5, 0.6) is 0 Å². The van der Waals surface area contributed by atoms with Crippen molar-refractivity contribution in [3.8, 4) is 0 Å². The second-order valence-electron chi connectivity index (χ2n) is 4.23. The highest BCUT2D eigenvalue weighted by Crippen LogP contribution is 2.30. The molecule has 7 heteroatoms. The molecule has 1 unspecified atom stereocenters. The average molecular weight is 305 g/mol. The molecule has 21 heavy (non-hydrogen) atoms. The van der Waals surface area contributed by atoms with E-state index >= 15 is 0 Å². The fourth-order valence-corrected chi connectivity index (χ4v) is 2.75. The van der Waals surface area contributed by atoms with Crippen LogP contribution in [-0.4, -0.2) is 12.0 Å². The van der Waals surface area contributed by atoms with Crippen molar-refractivity contribution in [1.29, 1.82) is 0 Å². The largest absolute Gasteiger partial charge is 0.556 e. The molecule has 0 amide bonds. The standard InChI is InChI=1S/C14H14N2O4P/c1-15-12-7-8-13(16(17)18)14(9-12)21(19)20-10-11-5-3-2-4-6-11/h2-9,15H,10H2,1H3/q+1. The SMILES string of the molecule is CNc1ccc([N+](=O)[O-])c([P+](=O)OCc2ccccc2)c1. The van der Waals surface area contributed by atoms with Crippen molar-refractivity contribution in [1.82, 2.24) is 0 Å². The fourth-order valence-electron chi connectivity index (χ4n) is 1.76. The molecule has 0 fully saturated rings. The van der Waals surface area contributed by atoms with E-state index in [1.165, 1.54) is 12.1 Å². The number of anilines is 1. The number of nitro benzene ring substituents is 1. The fraction of sp³-hybridized carbons (Fsp3) is 0.143. The van der Waals surface area contributed by atoms with E-state index in [2.05, 4.69) is 5.32 Å². The van der Waals surface area contributed by atoms with Crippen molar-refractivity contribution in [3.05, 3.63) is 64.2 Å². The summed E-state index contributed by atoms with van der Waals surface area (Å²) in [5.41, 5.74) is 1.29. The highest BCUT2D eigenvalue weighted by Gasteiger charge is 2.33. The first kappa shape index (κ1) is 15.1. The quantitative estimate of drug-likeness (QED) is 0.503. The Morgan fingerprint density at radius 3 is 2.57 bits per heavy atom. The monoisotopic (exact) mass is 305 g/mol. The molecule has 0 heterocycles. The topological polar surface area (TPSA) is 81.5 Å². The normalized spacial score (nSPS) is 11.0. The summed E-state index contributed by atoms with van der Waals surface area (Å²) in [6, 6.07) is 13.6. The average Bonchev–Trinajstić information content (AvgIpc) is 2.52. The number of benzene rings is 2. The van der Waals surface area contributed by atoms with Gasteiger partial charge in [0.15, 0.2) is 0 Å². The van der Waals surface area contributed by atoms with E-state index in [1.807, 2.05) is 30.3 Å². The lowest BCUT2D eigenvalue weighted by molar-refractivity contribution is -0.383. The molecule has 0 saturated heterocycles. The Bertz CT molecular complexity index is 661. The Balaban J connectivity index is 2.19. The lowest BCUT2D eigenvalue weighted by atomic mass is 10.2. The molecule has 0 aliphatic carbocycles. The van der Waals surface area contributed by atoms with Gasteiger partial charge in [-0.15, -0.1) is 4.52 Å². The highest BCUT2D eigenvalue weighted by molar-refractivity contribution is 7.48. The molecule has 0 aromatic heterocycles. The van der Waals surface area contributed by atoms with E-state index in [1.54, 1.807) is 13.1 Å². The summed E-state index contributed by atoms with van der Waals surface area (Å²) in [6.07, 6.45) is 0. The van der Waals surface area contributed by atoms with Crippen LogP contribution < -0.4 is 10.6 Å². The van der Waals surface area contributed by atoms with Gasteiger partial charge in [-0.05, 0) is 16.2 Å². The minimum absolute atomic E-state index is 0.0813. The molecule has 1 atom stereocenters. The number of nitro groups is 1. The van der Waals surface area contributed by atoms with Gasteiger partial charge in [0.05, 0.1) is 4.92 Å². The lowest BCUT2D eigenvalue weighted by Gasteiger charge is -1.99. The molecule has 0 aliphatic rings. The smallest absolute Gasteiger partial charge is 0.388 e. The van der Waals surface area contributed by atoms with Crippen molar-refractivity contribution in [3.63, 3.8) is 0 Å². The van der Waals surface area contributed by atoms with E-state index in [0.29, 0.717) is 5.69 Å². The van der Waals surface area contributed by atoms with Gasteiger partial charge >= 0.3 is 19.0 Å². The van der Waals surface area contributed by atoms with E-state index in [9.17, 15) is 14.7 Å². The maximum Gasteiger partial charge on any atom is 0.556 e. The zero-order valence-electron chi connectivity index (χ0n) is 11.4. The third-order valence-corrected chi connectivity index (χ3v) is 3.96. The van der Waals surface area contributed by atoms with Crippen molar-refractivity contribution in [2.75, 3.05) is 12.4 Å². The Kier molecular flexibility index (Phi) is 4.98. The minimum Gasteiger partial charge on any atom is -0.388 e. The Labute approximate surface area is 122 Å². The van der Waals surface area contributed by atoms with Crippen LogP contribution in [0.25, 0.3) is 0 Å². The first-order valence-corrected chi connectivity index (χ1v) is 7.40. The maximum absolute atomic E-state index is 12.2. The van der Waals surface area contributed by atoms with Crippen LogP contribution in [0.4, 0.5) is 11.4 Å². The summed E-state index contributed by atoms with van der Waals surface area (Å²) in [5, 5.41) is 13.9. The number of hydrogen-bond acceptors (Lipinski definition) is 5. The van der Waals surface area contributed by atoms with Gasteiger partial charge in [-0.2, -0.15) is 0 Å². The van der Waals surface area contributed by atoms with Crippen molar-refractivity contribution >= 4 is 24.7 Å². The molecular weight excluding hydrogens is 291 g/mol. The number of hydrogen-bond donors (Lipinski definition) is 1.